The van der Waals surface area contributed by atoms with Crippen LogP contribution in [0.1, 0.15) is 43.6 Å². The van der Waals surface area contributed by atoms with Gasteiger partial charge in [-0.25, -0.2) is 5.53 Å². The number of hydrogen-bond donors (Lipinski definition) is 3. The number of pyridine rings is 1. The Morgan fingerprint density at radius 1 is 1.11 bits per heavy atom. The molecule has 5 rings (SSSR count). The summed E-state index contributed by atoms with van der Waals surface area (Å²) in [7, 11) is 0. The number of aliphatic hydroxyl groups is 1. The van der Waals surface area contributed by atoms with Crippen molar-refractivity contribution in [3.05, 3.63) is 65.6 Å². The van der Waals surface area contributed by atoms with Gasteiger partial charge in [-0.05, 0) is 38.3 Å². The standard InChI is InChI=1S/C20H23N7O/c1-19(2,28)15-9-6-12-26-16(15)21-22-17(26)20(10-11-20)18-23-24-25-27(18)13-14-7-4-3-5-8-14/h3-9,12,24-25,28H,10-11,13H2,1-2H3. The monoisotopic (exact) mass is 377 g/mol. The molecule has 2 aliphatic rings. The fraction of sp³-hybridized carbons (Fsp3) is 0.350. The van der Waals surface area contributed by atoms with E-state index >= 15 is 0 Å². The van der Waals surface area contributed by atoms with E-state index < -0.39 is 5.60 Å². The second kappa shape index (κ2) is 6.02. The van der Waals surface area contributed by atoms with Crippen LogP contribution in [-0.2, 0) is 17.6 Å². The molecule has 8 nitrogen and oxygen atoms in total. The Bertz CT molecular complexity index is 1050. The van der Waals surface area contributed by atoms with Crippen molar-refractivity contribution in [2.24, 2.45) is 5.10 Å². The normalized spacial score (nSPS) is 18.2. The van der Waals surface area contributed by atoms with E-state index in [-0.39, 0.29) is 5.41 Å². The van der Waals surface area contributed by atoms with Gasteiger partial charge in [-0.15, -0.1) is 20.8 Å². The fourth-order valence-corrected chi connectivity index (χ4v) is 3.89. The van der Waals surface area contributed by atoms with Crippen LogP contribution in [0.5, 0.6) is 0 Å². The second-order valence-corrected chi connectivity index (χ2v) is 8.01. The molecule has 1 aliphatic carbocycles. The summed E-state index contributed by atoms with van der Waals surface area (Å²) < 4.78 is 1.99. The summed E-state index contributed by atoms with van der Waals surface area (Å²) in [5.41, 5.74) is 7.39. The average molecular weight is 377 g/mol. The van der Waals surface area contributed by atoms with Crippen LogP contribution in [0, 0.1) is 0 Å². The van der Waals surface area contributed by atoms with E-state index in [0.29, 0.717) is 12.2 Å². The number of aromatic nitrogens is 3. The molecule has 0 unspecified atom stereocenters. The molecule has 8 heteroatoms. The zero-order valence-corrected chi connectivity index (χ0v) is 15.9. The summed E-state index contributed by atoms with van der Waals surface area (Å²) in [5, 5.41) is 26.0. The average Bonchev–Trinajstić information content (AvgIpc) is 3.12. The minimum Gasteiger partial charge on any atom is -0.386 e. The highest BCUT2D eigenvalue weighted by atomic mass is 16.3. The van der Waals surface area contributed by atoms with Gasteiger partial charge in [0.05, 0.1) is 17.6 Å². The van der Waals surface area contributed by atoms with Crippen LogP contribution in [0.3, 0.4) is 0 Å². The van der Waals surface area contributed by atoms with Gasteiger partial charge in [-0.1, -0.05) is 36.4 Å². The summed E-state index contributed by atoms with van der Waals surface area (Å²) >= 11 is 0. The van der Waals surface area contributed by atoms with Gasteiger partial charge < -0.3 is 5.11 Å². The smallest absolute Gasteiger partial charge is 0.166 e. The second-order valence-electron chi connectivity index (χ2n) is 8.01. The first-order valence-corrected chi connectivity index (χ1v) is 9.46. The number of fused-ring (bicyclic) bond motifs is 1. The van der Waals surface area contributed by atoms with Crippen LogP contribution in [0.25, 0.3) is 5.65 Å². The van der Waals surface area contributed by atoms with Crippen LogP contribution in [0.4, 0.5) is 0 Å². The third kappa shape index (κ3) is 2.64. The summed E-state index contributed by atoms with van der Waals surface area (Å²) in [4.78, 5) is 0. The summed E-state index contributed by atoms with van der Waals surface area (Å²) in [6.45, 7) is 4.22. The molecular formula is C20H23N7O. The van der Waals surface area contributed by atoms with Crippen LogP contribution in [-0.4, -0.2) is 30.5 Å². The number of hydrogen-bond acceptors (Lipinski definition) is 7. The molecule has 0 amide bonds. The summed E-state index contributed by atoms with van der Waals surface area (Å²) in [5.74, 6) is 1.77. The van der Waals surface area contributed by atoms with E-state index in [1.807, 2.05) is 45.9 Å². The van der Waals surface area contributed by atoms with Crippen LogP contribution < -0.4 is 11.1 Å². The fourth-order valence-electron chi connectivity index (χ4n) is 3.89. The Morgan fingerprint density at radius 3 is 2.61 bits per heavy atom. The maximum absolute atomic E-state index is 10.5. The lowest BCUT2D eigenvalue weighted by Crippen LogP contribution is -2.44. The molecular weight excluding hydrogens is 354 g/mol. The molecule has 1 aromatic carbocycles. The Labute approximate surface area is 162 Å². The lowest BCUT2D eigenvalue weighted by atomic mass is 9.99. The maximum Gasteiger partial charge on any atom is 0.166 e. The quantitative estimate of drug-likeness (QED) is 0.629. The molecule has 28 heavy (non-hydrogen) atoms. The maximum atomic E-state index is 10.5. The molecule has 3 N–H and O–H groups in total. The summed E-state index contributed by atoms with van der Waals surface area (Å²) in [6, 6.07) is 14.1. The number of nitrogens with one attached hydrogen (secondary N) is 2. The Balaban J connectivity index is 1.53. The van der Waals surface area contributed by atoms with Crippen molar-refractivity contribution in [1.29, 1.82) is 0 Å². The number of nitrogens with zero attached hydrogens (tertiary/aromatic N) is 5. The highest BCUT2D eigenvalue weighted by Gasteiger charge is 2.56. The Hall–Kier alpha value is -2.97. The van der Waals surface area contributed by atoms with Gasteiger partial charge in [-0.3, -0.25) is 9.41 Å². The molecule has 0 bridgehead atoms. The van der Waals surface area contributed by atoms with Gasteiger partial charge in [0.1, 0.15) is 0 Å². The lowest BCUT2D eigenvalue weighted by molar-refractivity contribution is 0.0796. The van der Waals surface area contributed by atoms with Crippen molar-refractivity contribution in [1.82, 2.24) is 30.7 Å². The lowest BCUT2D eigenvalue weighted by Gasteiger charge is -2.24. The minimum absolute atomic E-state index is 0.289. The molecule has 0 radical (unpaired) electrons. The highest BCUT2D eigenvalue weighted by molar-refractivity contribution is 5.95. The van der Waals surface area contributed by atoms with E-state index in [0.717, 1.165) is 30.1 Å². The zero-order chi connectivity index (χ0) is 19.4. The van der Waals surface area contributed by atoms with Crippen molar-refractivity contribution in [2.45, 2.75) is 44.2 Å². The first kappa shape index (κ1) is 17.2. The van der Waals surface area contributed by atoms with Crippen LogP contribution in [0.15, 0.2) is 53.8 Å². The number of hydrazone groups is 1. The third-order valence-corrected chi connectivity index (χ3v) is 5.49. The first-order chi connectivity index (χ1) is 13.5. The first-order valence-electron chi connectivity index (χ1n) is 9.46. The van der Waals surface area contributed by atoms with E-state index in [2.05, 4.69) is 38.5 Å². The molecule has 0 saturated heterocycles. The van der Waals surface area contributed by atoms with E-state index in [1.54, 1.807) is 13.8 Å². The van der Waals surface area contributed by atoms with Crippen molar-refractivity contribution < 1.29 is 5.11 Å². The highest BCUT2D eigenvalue weighted by Crippen LogP contribution is 2.50. The SMILES string of the molecule is CC(C)(O)c1cccn2c(C3(C4=NNNN4Cc4ccccc4)CC3)nnc12. The number of amidine groups is 1. The van der Waals surface area contributed by atoms with Crippen molar-refractivity contribution in [2.75, 3.05) is 0 Å². The number of hydrazine groups is 2. The van der Waals surface area contributed by atoms with Crippen LogP contribution >= 0.6 is 0 Å². The molecule has 0 atom stereocenters. The molecule has 2 aromatic heterocycles. The predicted molar refractivity (Wildman–Crippen MR) is 105 cm³/mol. The molecule has 144 valence electrons. The third-order valence-electron chi connectivity index (χ3n) is 5.49. The zero-order valence-electron chi connectivity index (χ0n) is 15.9. The van der Waals surface area contributed by atoms with Gasteiger partial charge in [0.25, 0.3) is 0 Å². The van der Waals surface area contributed by atoms with Gasteiger partial charge in [0.15, 0.2) is 17.3 Å². The van der Waals surface area contributed by atoms with E-state index in [4.69, 9.17) is 0 Å². The molecule has 3 aromatic rings. The van der Waals surface area contributed by atoms with Crippen LogP contribution in [0.2, 0.25) is 0 Å². The molecule has 0 spiro atoms. The van der Waals surface area contributed by atoms with Crippen molar-refractivity contribution in [3.8, 4) is 0 Å². The summed E-state index contributed by atoms with van der Waals surface area (Å²) in [6.07, 6.45) is 3.86. The molecule has 3 heterocycles. The predicted octanol–water partition coefficient (Wildman–Crippen LogP) is 1.83. The molecule has 1 saturated carbocycles. The van der Waals surface area contributed by atoms with Gasteiger partial charge >= 0.3 is 0 Å². The van der Waals surface area contributed by atoms with Crippen molar-refractivity contribution in [3.63, 3.8) is 0 Å². The largest absolute Gasteiger partial charge is 0.386 e. The van der Waals surface area contributed by atoms with Gasteiger partial charge in [-0.2, -0.15) is 0 Å². The van der Waals surface area contributed by atoms with E-state index in [1.165, 1.54) is 5.56 Å². The van der Waals surface area contributed by atoms with Gasteiger partial charge in [0.2, 0.25) is 0 Å². The Kier molecular flexibility index (Phi) is 3.68. The minimum atomic E-state index is -0.989. The number of rotatable bonds is 5. The Morgan fingerprint density at radius 2 is 1.89 bits per heavy atom. The van der Waals surface area contributed by atoms with Gasteiger partial charge in [0, 0.05) is 11.8 Å². The molecule has 1 fully saturated rings. The number of benzene rings is 1. The molecule has 1 aliphatic heterocycles. The van der Waals surface area contributed by atoms with Crippen molar-refractivity contribution >= 4 is 11.5 Å². The van der Waals surface area contributed by atoms with E-state index in [9.17, 15) is 5.11 Å². The topological polar surface area (TPSA) is 90.1 Å².